The lowest BCUT2D eigenvalue weighted by Crippen LogP contribution is -2.30. The van der Waals surface area contributed by atoms with Crippen molar-refractivity contribution in [1.82, 2.24) is 5.43 Å². The Kier molecular flexibility index (Phi) is 5.74. The fraction of sp³-hybridized carbons (Fsp3) is 0.133. The van der Waals surface area contributed by atoms with Gasteiger partial charge < -0.3 is 0 Å². The maximum Gasteiger partial charge on any atom is 0.431 e. The van der Waals surface area contributed by atoms with E-state index in [1.807, 2.05) is 5.43 Å². The maximum absolute atomic E-state index is 13.0. The lowest BCUT2D eigenvalue weighted by molar-refractivity contribution is -0.0605. The molecule has 1 heterocycles. The Bertz CT molecular complexity index is 756. The summed E-state index contributed by atoms with van der Waals surface area (Å²) in [7, 11) is 0. The van der Waals surface area contributed by atoms with Crippen LogP contribution in [0.1, 0.15) is 26.5 Å². The van der Waals surface area contributed by atoms with Crippen LogP contribution in [0, 0.1) is 0 Å². The van der Waals surface area contributed by atoms with Crippen LogP contribution in [0.25, 0.3) is 0 Å². The van der Waals surface area contributed by atoms with E-state index in [-0.39, 0.29) is 10.4 Å². The number of carbonyl (C=O) groups is 2. The second-order valence-corrected chi connectivity index (χ2v) is 5.97. The summed E-state index contributed by atoms with van der Waals surface area (Å²) in [6.07, 6.45) is -5.79. The number of thiophene rings is 1. The van der Waals surface area contributed by atoms with E-state index in [9.17, 15) is 22.8 Å². The molecule has 2 aromatic rings. The van der Waals surface area contributed by atoms with E-state index in [0.29, 0.717) is 5.02 Å². The van der Waals surface area contributed by atoms with Crippen molar-refractivity contribution in [3.63, 3.8) is 0 Å². The molecule has 0 fully saturated rings. The highest BCUT2D eigenvalue weighted by Crippen LogP contribution is 2.22. The fourth-order valence-corrected chi connectivity index (χ4v) is 2.45. The zero-order valence-corrected chi connectivity index (χ0v) is 13.5. The first kappa shape index (κ1) is 18.2. The Labute approximate surface area is 143 Å². The van der Waals surface area contributed by atoms with Crippen molar-refractivity contribution >= 4 is 40.3 Å². The normalized spacial score (nSPS) is 12.1. The van der Waals surface area contributed by atoms with Crippen molar-refractivity contribution in [3.8, 4) is 0 Å². The van der Waals surface area contributed by atoms with Crippen molar-refractivity contribution in [2.24, 2.45) is 5.10 Å². The summed E-state index contributed by atoms with van der Waals surface area (Å²) < 4.78 is 38.9. The molecule has 4 nitrogen and oxygen atoms in total. The van der Waals surface area contributed by atoms with Gasteiger partial charge in [0.2, 0.25) is 0 Å². The van der Waals surface area contributed by atoms with Crippen LogP contribution in [-0.2, 0) is 0 Å². The number of rotatable bonds is 5. The summed E-state index contributed by atoms with van der Waals surface area (Å²) >= 11 is 6.70. The predicted molar refractivity (Wildman–Crippen MR) is 85.7 cm³/mol. The highest BCUT2D eigenvalue weighted by atomic mass is 35.5. The number of nitrogens with zero attached hydrogens (tertiary/aromatic N) is 1. The molecule has 0 aliphatic rings. The zero-order valence-electron chi connectivity index (χ0n) is 11.9. The fourth-order valence-electron chi connectivity index (χ4n) is 1.66. The molecule has 0 saturated carbocycles. The molecule has 0 atom stereocenters. The highest BCUT2D eigenvalue weighted by molar-refractivity contribution is 7.12. The van der Waals surface area contributed by atoms with Crippen LogP contribution in [0.2, 0.25) is 5.02 Å². The van der Waals surface area contributed by atoms with Gasteiger partial charge in [-0.05, 0) is 35.7 Å². The van der Waals surface area contributed by atoms with E-state index in [0.717, 1.165) is 11.3 Å². The first-order valence-electron chi connectivity index (χ1n) is 6.54. The van der Waals surface area contributed by atoms with Crippen molar-refractivity contribution in [2.75, 3.05) is 0 Å². The number of hydrazone groups is 1. The number of amides is 1. The van der Waals surface area contributed by atoms with Crippen LogP contribution in [0.15, 0.2) is 46.9 Å². The minimum atomic E-state index is -4.83. The molecule has 9 heteroatoms. The number of hydrogen-bond donors (Lipinski definition) is 1. The summed E-state index contributed by atoms with van der Waals surface area (Å²) in [6, 6.07) is 8.52. The van der Waals surface area contributed by atoms with Gasteiger partial charge in [0.25, 0.3) is 5.91 Å². The number of benzene rings is 1. The first-order chi connectivity index (χ1) is 11.3. The van der Waals surface area contributed by atoms with Crippen molar-refractivity contribution in [1.29, 1.82) is 0 Å². The van der Waals surface area contributed by atoms with E-state index in [1.54, 1.807) is 11.4 Å². The smallest absolute Gasteiger partial charge is 0.293 e. The number of Topliss-reactive ketones (excluding diaryl/α,β-unsaturated/α-hetero) is 1. The molecule has 24 heavy (non-hydrogen) atoms. The van der Waals surface area contributed by atoms with Crippen molar-refractivity contribution in [3.05, 3.63) is 57.2 Å². The van der Waals surface area contributed by atoms with Crippen LogP contribution < -0.4 is 5.43 Å². The van der Waals surface area contributed by atoms with Crippen molar-refractivity contribution < 1.29 is 22.8 Å². The third-order valence-corrected chi connectivity index (χ3v) is 4.01. The van der Waals surface area contributed by atoms with Gasteiger partial charge in [-0.25, -0.2) is 5.43 Å². The van der Waals surface area contributed by atoms with Crippen LogP contribution in [-0.4, -0.2) is 23.6 Å². The number of halogens is 4. The van der Waals surface area contributed by atoms with E-state index < -0.39 is 30.0 Å². The number of carbonyl (C=O) groups excluding carboxylic acids is 2. The zero-order chi connectivity index (χ0) is 17.7. The third-order valence-electron chi connectivity index (χ3n) is 2.85. The molecule has 0 spiro atoms. The monoisotopic (exact) mass is 374 g/mol. The number of alkyl halides is 3. The maximum atomic E-state index is 13.0. The lowest BCUT2D eigenvalue weighted by Gasteiger charge is -2.10. The van der Waals surface area contributed by atoms with Gasteiger partial charge in [0.1, 0.15) is 5.71 Å². The second kappa shape index (κ2) is 7.59. The Balaban J connectivity index is 2.12. The summed E-state index contributed by atoms with van der Waals surface area (Å²) in [6.45, 7) is 0. The van der Waals surface area contributed by atoms with Gasteiger partial charge in [0, 0.05) is 10.6 Å². The van der Waals surface area contributed by atoms with Gasteiger partial charge >= 0.3 is 6.18 Å². The molecule has 0 bridgehead atoms. The molecule has 0 radical (unpaired) electrons. The van der Waals surface area contributed by atoms with E-state index in [1.165, 1.54) is 30.3 Å². The molecule has 0 aliphatic carbocycles. The second-order valence-electron chi connectivity index (χ2n) is 4.58. The van der Waals surface area contributed by atoms with E-state index >= 15 is 0 Å². The molecule has 0 saturated heterocycles. The summed E-state index contributed by atoms with van der Waals surface area (Å²) in [5.41, 5.74) is 0.533. The van der Waals surface area contributed by atoms with Gasteiger partial charge in [-0.3, -0.25) is 9.59 Å². The number of nitrogens with one attached hydrogen (secondary N) is 1. The molecular weight excluding hydrogens is 365 g/mol. The van der Waals surface area contributed by atoms with Gasteiger partial charge in [-0.1, -0.05) is 17.7 Å². The van der Waals surface area contributed by atoms with Crippen LogP contribution in [0.4, 0.5) is 13.2 Å². The standard InChI is InChI=1S/C15H10ClF3N2O2S/c16-10-5-3-9(4-6-10)14(23)21-20-13(15(17,18)19)8-11(22)12-2-1-7-24-12/h1-7H,8H2,(H,21,23)/b20-13-. The van der Waals surface area contributed by atoms with Crippen LogP contribution >= 0.6 is 22.9 Å². The number of hydrogen-bond acceptors (Lipinski definition) is 4. The average molecular weight is 375 g/mol. The molecular formula is C15H10ClF3N2O2S. The van der Waals surface area contributed by atoms with Gasteiger partial charge in [0.05, 0.1) is 11.3 Å². The minimum Gasteiger partial charge on any atom is -0.293 e. The Hall–Kier alpha value is -2.19. The Morgan fingerprint density at radius 1 is 1.17 bits per heavy atom. The first-order valence-corrected chi connectivity index (χ1v) is 7.79. The summed E-state index contributed by atoms with van der Waals surface area (Å²) in [5, 5.41) is 5.05. The third kappa shape index (κ3) is 4.90. The SMILES string of the molecule is O=C(N/N=C(/CC(=O)c1cccs1)C(F)(F)F)c1ccc(Cl)cc1. The van der Waals surface area contributed by atoms with E-state index in [4.69, 9.17) is 11.6 Å². The van der Waals surface area contributed by atoms with Crippen molar-refractivity contribution in [2.45, 2.75) is 12.6 Å². The minimum absolute atomic E-state index is 0.0919. The quantitative estimate of drug-likeness (QED) is 0.481. The van der Waals surface area contributed by atoms with E-state index in [2.05, 4.69) is 5.10 Å². The molecule has 126 valence electrons. The molecule has 2 rings (SSSR count). The number of ketones is 1. The molecule has 1 N–H and O–H groups in total. The molecule has 0 unspecified atom stereocenters. The topological polar surface area (TPSA) is 58.5 Å². The average Bonchev–Trinajstić information content (AvgIpc) is 3.05. The van der Waals surface area contributed by atoms with Crippen LogP contribution in [0.5, 0.6) is 0 Å². The Morgan fingerprint density at radius 2 is 1.83 bits per heavy atom. The van der Waals surface area contributed by atoms with Gasteiger partial charge in [0.15, 0.2) is 5.78 Å². The molecule has 1 aromatic heterocycles. The summed E-state index contributed by atoms with van der Waals surface area (Å²) in [4.78, 5) is 23.8. The molecule has 0 aliphatic heterocycles. The molecule has 1 aromatic carbocycles. The van der Waals surface area contributed by atoms with Gasteiger partial charge in [-0.2, -0.15) is 18.3 Å². The lowest BCUT2D eigenvalue weighted by atomic mass is 10.1. The molecule has 1 amide bonds. The van der Waals surface area contributed by atoms with Gasteiger partial charge in [-0.15, -0.1) is 11.3 Å². The summed E-state index contributed by atoms with van der Waals surface area (Å²) in [5.74, 6) is -1.56. The largest absolute Gasteiger partial charge is 0.431 e. The van der Waals surface area contributed by atoms with Crippen LogP contribution in [0.3, 0.4) is 0 Å². The Morgan fingerprint density at radius 3 is 2.38 bits per heavy atom. The predicted octanol–water partition coefficient (Wildman–Crippen LogP) is 4.32. The highest BCUT2D eigenvalue weighted by Gasteiger charge is 2.37.